The molecule has 2 heteroatoms. The summed E-state index contributed by atoms with van der Waals surface area (Å²) in [5, 5.41) is 8.84. The lowest BCUT2D eigenvalue weighted by Crippen LogP contribution is -2.30. The third kappa shape index (κ3) is 2.31. The van der Waals surface area contributed by atoms with Gasteiger partial charge in [-0.2, -0.15) is 0 Å². The summed E-state index contributed by atoms with van der Waals surface area (Å²) < 4.78 is 5.55. The molecule has 1 saturated heterocycles. The number of aliphatic hydroxyl groups excluding tert-OH is 1. The van der Waals surface area contributed by atoms with Crippen LogP contribution in [0.5, 0.6) is 0 Å². The molecular weight excluding hydrogens is 140 g/mol. The van der Waals surface area contributed by atoms with E-state index in [1.807, 2.05) is 6.92 Å². The molecule has 0 aromatic heterocycles. The van der Waals surface area contributed by atoms with Crippen molar-refractivity contribution in [1.82, 2.24) is 0 Å². The molecule has 1 fully saturated rings. The highest BCUT2D eigenvalue weighted by Crippen LogP contribution is 2.22. The monoisotopic (exact) mass is 156 g/mol. The van der Waals surface area contributed by atoms with Gasteiger partial charge in [0.05, 0.1) is 18.8 Å². The number of hydrogen-bond acceptors (Lipinski definition) is 2. The second-order valence-corrected chi connectivity index (χ2v) is 3.21. The smallest absolute Gasteiger partial charge is 0.0814 e. The van der Waals surface area contributed by atoms with E-state index in [-0.39, 0.29) is 18.8 Å². The first-order valence-corrected chi connectivity index (χ1v) is 4.15. The van der Waals surface area contributed by atoms with E-state index < -0.39 is 0 Å². The molecule has 1 heterocycles. The lowest BCUT2D eigenvalue weighted by atomic mass is 10.0. The topological polar surface area (TPSA) is 29.5 Å². The van der Waals surface area contributed by atoms with Crippen LogP contribution in [-0.4, -0.2) is 23.9 Å². The van der Waals surface area contributed by atoms with Gasteiger partial charge in [-0.15, -0.1) is 0 Å². The molecular formula is C9H16O2. The summed E-state index contributed by atoms with van der Waals surface area (Å²) in [5.41, 5.74) is 1.07. The minimum absolute atomic E-state index is 0.0467. The summed E-state index contributed by atoms with van der Waals surface area (Å²) >= 11 is 0. The molecule has 0 aromatic carbocycles. The van der Waals surface area contributed by atoms with Crippen LogP contribution in [0.15, 0.2) is 12.2 Å². The Hall–Kier alpha value is -0.340. The molecule has 2 nitrogen and oxygen atoms in total. The van der Waals surface area contributed by atoms with Crippen molar-refractivity contribution >= 4 is 0 Å². The van der Waals surface area contributed by atoms with E-state index in [0.29, 0.717) is 0 Å². The molecule has 1 rings (SSSR count). The van der Waals surface area contributed by atoms with Gasteiger partial charge in [0.25, 0.3) is 0 Å². The molecule has 0 spiro atoms. The fourth-order valence-electron chi connectivity index (χ4n) is 1.40. The molecule has 1 N–H and O–H groups in total. The molecule has 0 unspecified atom stereocenters. The van der Waals surface area contributed by atoms with Crippen LogP contribution in [0, 0.1) is 0 Å². The molecule has 11 heavy (non-hydrogen) atoms. The first-order chi connectivity index (χ1) is 5.24. The SMILES string of the molecule is C=C(C)[C@H]1CCC[C@@H](CO)O1. The van der Waals surface area contributed by atoms with Crippen LogP contribution in [0.1, 0.15) is 26.2 Å². The third-order valence-corrected chi connectivity index (χ3v) is 2.10. The van der Waals surface area contributed by atoms with Gasteiger partial charge in [0.2, 0.25) is 0 Å². The van der Waals surface area contributed by atoms with Gasteiger partial charge in [-0.3, -0.25) is 0 Å². The van der Waals surface area contributed by atoms with E-state index in [2.05, 4.69) is 6.58 Å². The first kappa shape index (κ1) is 8.75. The van der Waals surface area contributed by atoms with Gasteiger partial charge in [0.15, 0.2) is 0 Å². The molecule has 0 saturated carbocycles. The number of ether oxygens (including phenoxy) is 1. The summed E-state index contributed by atoms with van der Waals surface area (Å²) in [4.78, 5) is 0. The fraction of sp³-hybridized carbons (Fsp3) is 0.778. The normalized spacial score (nSPS) is 31.8. The van der Waals surface area contributed by atoms with Crippen molar-refractivity contribution in [2.24, 2.45) is 0 Å². The van der Waals surface area contributed by atoms with Crippen LogP contribution in [0.3, 0.4) is 0 Å². The molecule has 0 aromatic rings. The van der Waals surface area contributed by atoms with Crippen molar-refractivity contribution in [3.63, 3.8) is 0 Å². The van der Waals surface area contributed by atoms with Crippen LogP contribution in [-0.2, 0) is 4.74 Å². The first-order valence-electron chi connectivity index (χ1n) is 4.15. The predicted molar refractivity (Wildman–Crippen MR) is 44.4 cm³/mol. The molecule has 64 valence electrons. The van der Waals surface area contributed by atoms with Crippen molar-refractivity contribution < 1.29 is 9.84 Å². The van der Waals surface area contributed by atoms with Crippen LogP contribution < -0.4 is 0 Å². The lowest BCUT2D eigenvalue weighted by molar-refractivity contribution is -0.0555. The Bertz CT molecular complexity index is 142. The molecule has 0 bridgehead atoms. The lowest BCUT2D eigenvalue weighted by Gasteiger charge is -2.29. The van der Waals surface area contributed by atoms with Gasteiger partial charge in [-0.25, -0.2) is 0 Å². The highest BCUT2D eigenvalue weighted by molar-refractivity contribution is 4.99. The zero-order valence-corrected chi connectivity index (χ0v) is 7.05. The van der Waals surface area contributed by atoms with Crippen LogP contribution in [0.2, 0.25) is 0 Å². The second-order valence-electron chi connectivity index (χ2n) is 3.21. The van der Waals surface area contributed by atoms with Crippen molar-refractivity contribution in [2.75, 3.05) is 6.61 Å². The van der Waals surface area contributed by atoms with E-state index in [1.165, 1.54) is 0 Å². The van der Waals surface area contributed by atoms with Crippen molar-refractivity contribution in [1.29, 1.82) is 0 Å². The summed E-state index contributed by atoms with van der Waals surface area (Å²) in [6.45, 7) is 5.96. The number of aliphatic hydroxyl groups is 1. The van der Waals surface area contributed by atoms with Crippen molar-refractivity contribution in [2.45, 2.75) is 38.4 Å². The quantitative estimate of drug-likeness (QED) is 0.614. The molecule has 0 radical (unpaired) electrons. The average Bonchev–Trinajstić information content (AvgIpc) is 2.05. The maximum absolute atomic E-state index is 8.84. The van der Waals surface area contributed by atoms with Gasteiger partial charge in [0.1, 0.15) is 0 Å². The van der Waals surface area contributed by atoms with Crippen molar-refractivity contribution in [3.05, 3.63) is 12.2 Å². The molecule has 2 atom stereocenters. The Balaban J connectivity index is 2.39. The minimum Gasteiger partial charge on any atom is -0.394 e. The van der Waals surface area contributed by atoms with Gasteiger partial charge < -0.3 is 9.84 Å². The summed E-state index contributed by atoms with van der Waals surface area (Å²) in [6.07, 6.45) is 3.42. The van der Waals surface area contributed by atoms with Gasteiger partial charge in [-0.1, -0.05) is 12.2 Å². The number of rotatable bonds is 2. The molecule has 0 amide bonds. The van der Waals surface area contributed by atoms with Crippen molar-refractivity contribution in [3.8, 4) is 0 Å². The molecule has 0 aliphatic carbocycles. The maximum Gasteiger partial charge on any atom is 0.0814 e. The highest BCUT2D eigenvalue weighted by atomic mass is 16.5. The summed E-state index contributed by atoms with van der Waals surface area (Å²) in [6, 6.07) is 0. The van der Waals surface area contributed by atoms with E-state index in [0.717, 1.165) is 24.8 Å². The number of hydrogen-bond donors (Lipinski definition) is 1. The van der Waals surface area contributed by atoms with Crippen LogP contribution in [0.4, 0.5) is 0 Å². The Morgan fingerprint density at radius 3 is 2.91 bits per heavy atom. The Morgan fingerprint density at radius 1 is 1.64 bits per heavy atom. The van der Waals surface area contributed by atoms with Crippen LogP contribution in [0.25, 0.3) is 0 Å². The maximum atomic E-state index is 8.84. The van der Waals surface area contributed by atoms with E-state index in [1.54, 1.807) is 0 Å². The van der Waals surface area contributed by atoms with Gasteiger partial charge in [-0.05, 0) is 26.2 Å². The Morgan fingerprint density at radius 2 is 2.36 bits per heavy atom. The fourth-order valence-corrected chi connectivity index (χ4v) is 1.40. The van der Waals surface area contributed by atoms with E-state index in [4.69, 9.17) is 9.84 Å². The highest BCUT2D eigenvalue weighted by Gasteiger charge is 2.21. The zero-order chi connectivity index (χ0) is 8.27. The second kappa shape index (κ2) is 3.88. The molecule has 1 aliphatic heterocycles. The predicted octanol–water partition coefficient (Wildman–Crippen LogP) is 1.49. The van der Waals surface area contributed by atoms with Gasteiger partial charge in [0, 0.05) is 0 Å². The van der Waals surface area contributed by atoms with Crippen LogP contribution >= 0.6 is 0 Å². The Labute approximate surface area is 67.9 Å². The van der Waals surface area contributed by atoms with E-state index >= 15 is 0 Å². The third-order valence-electron chi connectivity index (χ3n) is 2.10. The zero-order valence-electron chi connectivity index (χ0n) is 7.05. The largest absolute Gasteiger partial charge is 0.394 e. The molecule has 1 aliphatic rings. The van der Waals surface area contributed by atoms with E-state index in [9.17, 15) is 0 Å². The minimum atomic E-state index is 0.0467. The van der Waals surface area contributed by atoms with Gasteiger partial charge >= 0.3 is 0 Å². The summed E-state index contributed by atoms with van der Waals surface area (Å²) in [7, 11) is 0. The average molecular weight is 156 g/mol. The standard InChI is InChI=1S/C9H16O2/c1-7(2)9-5-3-4-8(6-10)11-9/h8-10H,1,3-6H2,2H3/t8-,9+/m0/s1. The Kier molecular flexibility index (Phi) is 3.09. The summed E-state index contributed by atoms with van der Waals surface area (Å²) in [5.74, 6) is 0.